The van der Waals surface area contributed by atoms with E-state index in [0.717, 1.165) is 0 Å². The van der Waals surface area contributed by atoms with Crippen LogP contribution in [-0.4, -0.2) is 9.55 Å². The first-order valence-electron chi connectivity index (χ1n) is 6.41. The number of fused-ring (bicyclic) bond motifs is 1. The molecule has 0 aliphatic carbocycles. The Hall–Kier alpha value is -1.72. The predicted molar refractivity (Wildman–Crippen MR) is 73.2 cm³/mol. The van der Waals surface area contributed by atoms with Gasteiger partial charge in [-0.05, 0) is 30.0 Å². The average molecular weight is 285 g/mol. The van der Waals surface area contributed by atoms with Crippen LogP contribution in [0.2, 0.25) is 0 Å². The highest BCUT2D eigenvalue weighted by molar-refractivity contribution is 5.79. The Bertz CT molecular complexity index is 621. The van der Waals surface area contributed by atoms with Crippen molar-refractivity contribution in [2.45, 2.75) is 39.9 Å². The minimum Gasteiger partial charge on any atom is -0.399 e. The number of hydrogen-bond acceptors (Lipinski definition) is 2. The Morgan fingerprint density at radius 2 is 1.85 bits per heavy atom. The van der Waals surface area contributed by atoms with Crippen LogP contribution in [-0.2, 0) is 12.7 Å². The number of rotatable bonds is 2. The van der Waals surface area contributed by atoms with Crippen LogP contribution in [0.5, 0.6) is 0 Å². The molecule has 0 radical (unpaired) electrons. The number of halogens is 3. The van der Waals surface area contributed by atoms with E-state index in [1.54, 1.807) is 12.1 Å². The fourth-order valence-electron chi connectivity index (χ4n) is 2.04. The van der Waals surface area contributed by atoms with Crippen molar-refractivity contribution in [1.82, 2.24) is 9.55 Å². The summed E-state index contributed by atoms with van der Waals surface area (Å²) in [6.45, 7) is 6.27. The number of aromatic nitrogens is 2. The van der Waals surface area contributed by atoms with E-state index in [4.69, 9.17) is 5.73 Å². The number of imidazole rings is 1. The summed E-state index contributed by atoms with van der Waals surface area (Å²) in [5, 5.41) is 0. The number of alkyl halides is 3. The van der Waals surface area contributed by atoms with Crippen LogP contribution < -0.4 is 5.73 Å². The zero-order valence-electron chi connectivity index (χ0n) is 11.8. The van der Waals surface area contributed by atoms with Gasteiger partial charge in [0.1, 0.15) is 0 Å². The zero-order valence-corrected chi connectivity index (χ0v) is 11.8. The van der Waals surface area contributed by atoms with E-state index >= 15 is 0 Å². The van der Waals surface area contributed by atoms with Crippen LogP contribution in [0, 0.1) is 5.41 Å². The van der Waals surface area contributed by atoms with Crippen LogP contribution in [0.25, 0.3) is 11.0 Å². The highest BCUT2D eigenvalue weighted by atomic mass is 19.4. The molecule has 2 N–H and O–H groups in total. The van der Waals surface area contributed by atoms with E-state index in [9.17, 15) is 13.2 Å². The molecule has 2 rings (SSSR count). The standard InChI is InChI=1S/C14H18F3N3/c1-13(2,3)6-7-20-11-5-4-9(18)8-10(11)19-12(20)14(15,16)17/h4-5,8H,6-7,18H2,1-3H3. The van der Waals surface area contributed by atoms with Gasteiger partial charge in [-0.2, -0.15) is 13.2 Å². The molecule has 0 fully saturated rings. The molecule has 0 bridgehead atoms. The summed E-state index contributed by atoms with van der Waals surface area (Å²) in [7, 11) is 0. The topological polar surface area (TPSA) is 43.8 Å². The molecule has 1 heterocycles. The van der Waals surface area contributed by atoms with Gasteiger partial charge in [-0.15, -0.1) is 0 Å². The minimum atomic E-state index is -4.47. The van der Waals surface area contributed by atoms with E-state index in [1.165, 1.54) is 10.6 Å². The van der Waals surface area contributed by atoms with Gasteiger partial charge in [-0.1, -0.05) is 20.8 Å². The third-order valence-corrected chi connectivity index (χ3v) is 3.11. The summed E-state index contributed by atoms with van der Waals surface area (Å²) in [5.74, 6) is -0.859. The lowest BCUT2D eigenvalue weighted by Crippen LogP contribution is -2.18. The van der Waals surface area contributed by atoms with Gasteiger partial charge in [0.2, 0.25) is 5.82 Å². The fraction of sp³-hybridized carbons (Fsp3) is 0.500. The van der Waals surface area contributed by atoms with Gasteiger partial charge in [0, 0.05) is 12.2 Å². The first kappa shape index (κ1) is 14.7. The molecular weight excluding hydrogens is 267 g/mol. The third kappa shape index (κ3) is 3.05. The van der Waals surface area contributed by atoms with E-state index < -0.39 is 12.0 Å². The summed E-state index contributed by atoms with van der Waals surface area (Å²) in [4.78, 5) is 3.70. The van der Waals surface area contributed by atoms with Crippen LogP contribution in [0.15, 0.2) is 18.2 Å². The Morgan fingerprint density at radius 1 is 1.20 bits per heavy atom. The molecule has 0 spiro atoms. The van der Waals surface area contributed by atoms with E-state index in [2.05, 4.69) is 4.98 Å². The lowest BCUT2D eigenvalue weighted by molar-refractivity contribution is -0.147. The van der Waals surface area contributed by atoms with E-state index in [0.29, 0.717) is 17.6 Å². The summed E-state index contributed by atoms with van der Waals surface area (Å²) >= 11 is 0. The maximum Gasteiger partial charge on any atom is 0.449 e. The second-order valence-corrected chi connectivity index (χ2v) is 6.14. The van der Waals surface area contributed by atoms with Crippen molar-refractivity contribution in [2.24, 2.45) is 5.41 Å². The molecule has 1 aromatic heterocycles. The number of benzene rings is 1. The van der Waals surface area contributed by atoms with Crippen molar-refractivity contribution in [2.75, 3.05) is 5.73 Å². The van der Waals surface area contributed by atoms with Gasteiger partial charge in [-0.25, -0.2) is 4.98 Å². The van der Waals surface area contributed by atoms with Crippen LogP contribution >= 0.6 is 0 Å². The van der Waals surface area contributed by atoms with Crippen molar-refractivity contribution in [3.63, 3.8) is 0 Å². The summed E-state index contributed by atoms with van der Waals surface area (Å²) < 4.78 is 40.5. The van der Waals surface area contributed by atoms with Crippen molar-refractivity contribution < 1.29 is 13.2 Å². The zero-order chi connectivity index (χ0) is 15.1. The second-order valence-electron chi connectivity index (χ2n) is 6.14. The Labute approximate surface area is 115 Å². The SMILES string of the molecule is CC(C)(C)CCn1c(C(F)(F)F)nc2cc(N)ccc21. The second kappa shape index (κ2) is 4.68. The third-order valence-electron chi connectivity index (χ3n) is 3.11. The van der Waals surface area contributed by atoms with Gasteiger partial charge >= 0.3 is 6.18 Å². The molecule has 0 atom stereocenters. The van der Waals surface area contributed by atoms with Crippen molar-refractivity contribution >= 4 is 16.7 Å². The normalized spacial score (nSPS) is 13.1. The molecule has 2 aromatic rings. The van der Waals surface area contributed by atoms with E-state index in [1.807, 2.05) is 20.8 Å². The summed E-state index contributed by atoms with van der Waals surface area (Å²) in [6.07, 6.45) is -3.84. The molecule has 6 heteroatoms. The molecule has 3 nitrogen and oxygen atoms in total. The summed E-state index contributed by atoms with van der Waals surface area (Å²) in [5.41, 5.74) is 6.72. The highest BCUT2D eigenvalue weighted by Crippen LogP contribution is 2.33. The Kier molecular flexibility index (Phi) is 3.44. The maximum absolute atomic E-state index is 13.1. The molecule has 0 saturated heterocycles. The lowest BCUT2D eigenvalue weighted by atomic mass is 9.92. The number of aryl methyl sites for hydroxylation is 1. The first-order chi connectivity index (χ1) is 9.08. The largest absolute Gasteiger partial charge is 0.449 e. The Morgan fingerprint density at radius 3 is 2.40 bits per heavy atom. The molecule has 0 unspecified atom stereocenters. The minimum absolute atomic E-state index is 0.0483. The monoisotopic (exact) mass is 285 g/mol. The molecule has 110 valence electrons. The number of nitrogen functional groups attached to an aromatic ring is 1. The summed E-state index contributed by atoms with van der Waals surface area (Å²) in [6, 6.07) is 4.66. The highest BCUT2D eigenvalue weighted by Gasteiger charge is 2.37. The molecule has 0 aliphatic rings. The average Bonchev–Trinajstić information content (AvgIpc) is 2.62. The van der Waals surface area contributed by atoms with Crippen molar-refractivity contribution in [3.8, 4) is 0 Å². The number of anilines is 1. The van der Waals surface area contributed by atoms with Crippen LogP contribution in [0.4, 0.5) is 18.9 Å². The first-order valence-corrected chi connectivity index (χ1v) is 6.41. The van der Waals surface area contributed by atoms with Crippen LogP contribution in [0.3, 0.4) is 0 Å². The fourth-order valence-corrected chi connectivity index (χ4v) is 2.04. The van der Waals surface area contributed by atoms with Gasteiger partial charge in [-0.3, -0.25) is 0 Å². The number of hydrogen-bond donors (Lipinski definition) is 1. The quantitative estimate of drug-likeness (QED) is 0.845. The van der Waals surface area contributed by atoms with Crippen LogP contribution in [0.1, 0.15) is 33.0 Å². The molecule has 20 heavy (non-hydrogen) atoms. The predicted octanol–water partition coefficient (Wildman–Crippen LogP) is 4.07. The molecule has 0 aliphatic heterocycles. The lowest BCUT2D eigenvalue weighted by Gasteiger charge is -2.20. The van der Waals surface area contributed by atoms with Gasteiger partial charge < -0.3 is 10.3 Å². The maximum atomic E-state index is 13.1. The molecule has 1 aromatic carbocycles. The molecular formula is C14H18F3N3. The molecule has 0 amide bonds. The van der Waals surface area contributed by atoms with Gasteiger partial charge in [0.25, 0.3) is 0 Å². The molecule has 0 saturated carbocycles. The van der Waals surface area contributed by atoms with Crippen molar-refractivity contribution in [1.29, 1.82) is 0 Å². The van der Waals surface area contributed by atoms with E-state index in [-0.39, 0.29) is 17.5 Å². The van der Waals surface area contributed by atoms with Gasteiger partial charge in [0.15, 0.2) is 0 Å². The smallest absolute Gasteiger partial charge is 0.399 e. The van der Waals surface area contributed by atoms with Crippen molar-refractivity contribution in [3.05, 3.63) is 24.0 Å². The number of nitrogens with zero attached hydrogens (tertiary/aromatic N) is 2. The Balaban J connectivity index is 2.53. The van der Waals surface area contributed by atoms with Gasteiger partial charge in [0.05, 0.1) is 11.0 Å². The number of nitrogens with two attached hydrogens (primary N) is 1.